The zero-order chi connectivity index (χ0) is 33.0. The van der Waals surface area contributed by atoms with Crippen LogP contribution in [0.15, 0.2) is 162 Å². The normalized spacial score (nSPS) is 20.5. The third-order valence-corrected chi connectivity index (χ3v) is 10.9. The Morgan fingerprint density at radius 3 is 2.38 bits per heavy atom. The molecule has 0 amide bonds. The molecule has 1 aromatic heterocycles. The molecule has 5 aromatic carbocycles. The number of hydrogen-bond donors (Lipinski definition) is 0. The molecule has 10 rings (SSSR count). The van der Waals surface area contributed by atoms with Crippen molar-refractivity contribution < 1.29 is 0 Å². The number of hydrogen-bond acceptors (Lipinski definition) is 3. The Morgan fingerprint density at radius 2 is 1.46 bits per heavy atom. The Kier molecular flexibility index (Phi) is 6.90. The number of allylic oxidation sites excluding steroid dienone is 6. The second-order valence-electron chi connectivity index (χ2n) is 13.8. The maximum Gasteiger partial charge on any atom is 0.155 e. The number of aryl methyl sites for hydroxylation is 1. The van der Waals surface area contributed by atoms with Gasteiger partial charge in [0.05, 0.1) is 17.4 Å². The van der Waals surface area contributed by atoms with Crippen LogP contribution in [0.25, 0.3) is 44.5 Å². The molecule has 0 N–H and O–H groups in total. The summed E-state index contributed by atoms with van der Waals surface area (Å²) in [6, 6.07) is 39.3. The summed E-state index contributed by atoms with van der Waals surface area (Å²) in [5.74, 6) is 1.46. The molecular weight excluding hydrogens is 607 g/mol. The van der Waals surface area contributed by atoms with Gasteiger partial charge in [0.1, 0.15) is 0 Å². The fourth-order valence-electron chi connectivity index (χ4n) is 8.47. The molecule has 0 saturated heterocycles. The van der Waals surface area contributed by atoms with Gasteiger partial charge >= 0.3 is 0 Å². The van der Waals surface area contributed by atoms with E-state index in [0.29, 0.717) is 11.8 Å². The van der Waals surface area contributed by atoms with Crippen LogP contribution < -0.4 is 0 Å². The van der Waals surface area contributed by atoms with E-state index in [4.69, 9.17) is 15.0 Å². The van der Waals surface area contributed by atoms with Crippen LogP contribution in [0.3, 0.4) is 0 Å². The third kappa shape index (κ3) is 4.84. The predicted molar refractivity (Wildman–Crippen MR) is 209 cm³/mol. The summed E-state index contributed by atoms with van der Waals surface area (Å²) in [6.45, 7) is 0. The van der Waals surface area contributed by atoms with Crippen LogP contribution in [0.2, 0.25) is 0 Å². The maximum atomic E-state index is 5.50. The average molecular weight is 642 g/mol. The number of pyridine rings is 1. The molecule has 6 aromatic rings. The van der Waals surface area contributed by atoms with Crippen molar-refractivity contribution in [1.29, 1.82) is 0 Å². The van der Waals surface area contributed by atoms with Crippen LogP contribution in [0.1, 0.15) is 52.1 Å². The minimum Gasteiger partial charge on any atom is -0.258 e. The van der Waals surface area contributed by atoms with Gasteiger partial charge in [-0.05, 0) is 69.0 Å². The maximum absolute atomic E-state index is 5.50. The highest BCUT2D eigenvalue weighted by molar-refractivity contribution is 6.20. The predicted octanol–water partition coefficient (Wildman–Crippen LogP) is 10.9. The Bertz CT molecular complexity index is 2520. The van der Waals surface area contributed by atoms with Crippen molar-refractivity contribution in [2.45, 2.75) is 31.2 Å². The molecule has 3 aliphatic carbocycles. The fraction of sp³-hybridized carbons (Fsp3) is 0.128. The van der Waals surface area contributed by atoms with Gasteiger partial charge in [-0.1, -0.05) is 140 Å². The standard InChI is InChI=1S/C47H35N3/c1-6-16-37-30(11-1)25-26-48-46(37)31-21-23-32(24-22-31)47-49-44(42-27-33-12-2-4-14-35(33)38-17-7-9-19-40(38)42)29-45(50-47)43-28-34-13-3-5-15-36(34)39-18-8-10-20-41(39)43/h1-2,4-12,14-28,33,35,44H,3,13,29H2. The first-order valence-corrected chi connectivity index (χ1v) is 17.8. The average Bonchev–Trinajstić information content (AvgIpc) is 3.20. The Balaban J connectivity index is 1.13. The molecule has 0 radical (unpaired) electrons. The lowest BCUT2D eigenvalue weighted by atomic mass is 9.72. The van der Waals surface area contributed by atoms with Gasteiger partial charge in [-0.15, -0.1) is 0 Å². The van der Waals surface area contributed by atoms with Crippen LogP contribution in [0.5, 0.6) is 0 Å². The van der Waals surface area contributed by atoms with E-state index in [9.17, 15) is 0 Å². The molecular formula is C47H35N3. The molecule has 0 saturated carbocycles. The van der Waals surface area contributed by atoms with Crippen molar-refractivity contribution in [3.8, 4) is 11.3 Å². The number of fused-ring (bicyclic) bond motifs is 7. The van der Waals surface area contributed by atoms with Crippen molar-refractivity contribution in [3.63, 3.8) is 0 Å². The first-order valence-electron chi connectivity index (χ1n) is 17.8. The molecule has 50 heavy (non-hydrogen) atoms. The van der Waals surface area contributed by atoms with Crippen molar-refractivity contribution in [2.24, 2.45) is 15.9 Å². The molecule has 3 unspecified atom stereocenters. The summed E-state index contributed by atoms with van der Waals surface area (Å²) in [5, 5.41) is 4.90. The van der Waals surface area contributed by atoms with Gasteiger partial charge in [-0.2, -0.15) is 0 Å². The van der Waals surface area contributed by atoms with Gasteiger partial charge in [0.15, 0.2) is 5.84 Å². The third-order valence-electron chi connectivity index (χ3n) is 10.9. The van der Waals surface area contributed by atoms with E-state index in [2.05, 4.69) is 152 Å². The van der Waals surface area contributed by atoms with Crippen molar-refractivity contribution >= 4 is 44.7 Å². The minimum atomic E-state index is -0.0620. The number of nitrogens with zero attached hydrogens (tertiary/aromatic N) is 3. The summed E-state index contributed by atoms with van der Waals surface area (Å²) in [6.07, 6.45) is 20.9. The van der Waals surface area contributed by atoms with Gasteiger partial charge in [-0.3, -0.25) is 9.98 Å². The number of aromatic nitrogens is 1. The molecule has 3 nitrogen and oxygen atoms in total. The number of amidine groups is 1. The molecule has 238 valence electrons. The topological polar surface area (TPSA) is 37.6 Å². The van der Waals surface area contributed by atoms with Crippen LogP contribution in [0, 0.1) is 5.92 Å². The number of aliphatic imine (C=N–C) groups is 2. The summed E-state index contributed by atoms with van der Waals surface area (Å²) < 4.78 is 0. The lowest BCUT2D eigenvalue weighted by Crippen LogP contribution is -2.26. The highest BCUT2D eigenvalue weighted by atomic mass is 15.0. The van der Waals surface area contributed by atoms with Crippen LogP contribution in [0.4, 0.5) is 0 Å². The molecule has 3 heteroatoms. The van der Waals surface area contributed by atoms with E-state index >= 15 is 0 Å². The highest BCUT2D eigenvalue weighted by Crippen LogP contribution is 2.44. The molecule has 0 fully saturated rings. The Morgan fingerprint density at radius 1 is 0.680 bits per heavy atom. The van der Waals surface area contributed by atoms with E-state index in [-0.39, 0.29) is 6.04 Å². The van der Waals surface area contributed by atoms with Gasteiger partial charge in [-0.25, -0.2) is 4.99 Å². The van der Waals surface area contributed by atoms with Gasteiger partial charge < -0.3 is 0 Å². The lowest BCUT2D eigenvalue weighted by Gasteiger charge is -2.34. The second-order valence-corrected chi connectivity index (χ2v) is 13.8. The minimum absolute atomic E-state index is 0.0620. The highest BCUT2D eigenvalue weighted by Gasteiger charge is 2.33. The van der Waals surface area contributed by atoms with E-state index < -0.39 is 0 Å². The summed E-state index contributed by atoms with van der Waals surface area (Å²) in [5.41, 5.74) is 12.2. The van der Waals surface area contributed by atoms with Gasteiger partial charge in [0.25, 0.3) is 0 Å². The molecule has 0 bridgehead atoms. The first-order chi connectivity index (χ1) is 24.8. The molecule has 1 aliphatic heterocycles. The van der Waals surface area contributed by atoms with Crippen molar-refractivity contribution in [2.75, 3.05) is 0 Å². The first kappa shape index (κ1) is 29.0. The monoisotopic (exact) mass is 641 g/mol. The molecule has 0 spiro atoms. The summed E-state index contributed by atoms with van der Waals surface area (Å²) in [4.78, 5) is 15.7. The Hall–Kier alpha value is -5.93. The zero-order valence-electron chi connectivity index (χ0n) is 27.7. The van der Waals surface area contributed by atoms with E-state index in [1.165, 1.54) is 49.5 Å². The zero-order valence-corrected chi connectivity index (χ0v) is 27.7. The molecule has 2 heterocycles. The second kappa shape index (κ2) is 11.9. The van der Waals surface area contributed by atoms with E-state index in [0.717, 1.165) is 53.0 Å². The number of rotatable bonds is 4. The van der Waals surface area contributed by atoms with E-state index in [1.807, 2.05) is 6.20 Å². The number of benzene rings is 5. The van der Waals surface area contributed by atoms with Gasteiger partial charge in [0.2, 0.25) is 0 Å². The quantitative estimate of drug-likeness (QED) is 0.189. The largest absolute Gasteiger partial charge is 0.258 e. The van der Waals surface area contributed by atoms with Crippen LogP contribution in [-0.2, 0) is 6.42 Å². The summed E-state index contributed by atoms with van der Waals surface area (Å²) in [7, 11) is 0. The lowest BCUT2D eigenvalue weighted by molar-refractivity contribution is 0.678. The molecule has 4 aliphatic rings. The van der Waals surface area contributed by atoms with Crippen molar-refractivity contribution in [3.05, 3.63) is 185 Å². The molecule has 3 atom stereocenters. The smallest absolute Gasteiger partial charge is 0.155 e. The van der Waals surface area contributed by atoms with Gasteiger partial charge in [0, 0.05) is 46.5 Å². The Labute approximate surface area is 292 Å². The van der Waals surface area contributed by atoms with Crippen LogP contribution in [-0.4, -0.2) is 22.6 Å². The summed E-state index contributed by atoms with van der Waals surface area (Å²) >= 11 is 0. The SMILES string of the molecule is C1=CC2C=C(C3CC(c4cc5c(c6ccccc46)C=CCC5)=NC(c4ccc(-c5nccc6ccccc56)cc4)=N3)c3ccccc3C2C=C1. The van der Waals surface area contributed by atoms with E-state index in [1.54, 1.807) is 0 Å². The fourth-order valence-corrected chi connectivity index (χ4v) is 8.47. The van der Waals surface area contributed by atoms with Crippen LogP contribution >= 0.6 is 0 Å². The van der Waals surface area contributed by atoms with Crippen molar-refractivity contribution in [1.82, 2.24) is 4.98 Å².